The van der Waals surface area contributed by atoms with Crippen molar-refractivity contribution in [2.24, 2.45) is 0 Å². The molecule has 0 aromatic heterocycles. The van der Waals surface area contributed by atoms with Crippen molar-refractivity contribution in [2.75, 3.05) is 17.7 Å². The van der Waals surface area contributed by atoms with Crippen LogP contribution in [0.4, 0.5) is 15.8 Å². The van der Waals surface area contributed by atoms with Crippen LogP contribution in [0.15, 0.2) is 42.5 Å². The summed E-state index contributed by atoms with van der Waals surface area (Å²) < 4.78 is 13.0. The lowest BCUT2D eigenvalue weighted by molar-refractivity contribution is 0.627. The number of rotatable bonds is 3. The second-order valence-electron chi connectivity index (χ2n) is 4.54. The number of hydrogen-bond acceptors (Lipinski definition) is 2. The van der Waals surface area contributed by atoms with E-state index in [-0.39, 0.29) is 5.82 Å². The highest BCUT2D eigenvalue weighted by Crippen LogP contribution is 2.20. The highest BCUT2D eigenvalue weighted by Gasteiger charge is 2.06. The van der Waals surface area contributed by atoms with Gasteiger partial charge in [0.25, 0.3) is 0 Å². The van der Waals surface area contributed by atoms with Gasteiger partial charge in [0.1, 0.15) is 5.82 Å². The van der Waals surface area contributed by atoms with Crippen molar-refractivity contribution in [1.29, 1.82) is 0 Å². The SMILES string of the molecule is Cc1cccc(N(C)Cc2ccc(F)cc2N)c1. The molecule has 0 aliphatic carbocycles. The fourth-order valence-corrected chi connectivity index (χ4v) is 1.92. The molecule has 0 aliphatic rings. The monoisotopic (exact) mass is 244 g/mol. The van der Waals surface area contributed by atoms with Gasteiger partial charge in [-0.25, -0.2) is 4.39 Å². The Morgan fingerprint density at radius 3 is 2.61 bits per heavy atom. The Morgan fingerprint density at radius 1 is 1.17 bits per heavy atom. The highest BCUT2D eigenvalue weighted by atomic mass is 19.1. The maximum atomic E-state index is 13.0. The minimum atomic E-state index is -0.297. The number of nitrogens with zero attached hydrogens (tertiary/aromatic N) is 1. The van der Waals surface area contributed by atoms with Crippen LogP contribution >= 0.6 is 0 Å². The molecule has 0 saturated heterocycles. The number of halogens is 1. The molecule has 0 heterocycles. The van der Waals surface area contributed by atoms with Gasteiger partial charge in [-0.3, -0.25) is 0 Å². The van der Waals surface area contributed by atoms with Crippen molar-refractivity contribution in [2.45, 2.75) is 13.5 Å². The van der Waals surface area contributed by atoms with Crippen molar-refractivity contribution in [3.63, 3.8) is 0 Å². The van der Waals surface area contributed by atoms with E-state index in [1.165, 1.54) is 17.7 Å². The summed E-state index contributed by atoms with van der Waals surface area (Å²) in [5.74, 6) is -0.297. The van der Waals surface area contributed by atoms with Crippen LogP contribution in [0.25, 0.3) is 0 Å². The minimum absolute atomic E-state index is 0.297. The Morgan fingerprint density at radius 2 is 1.94 bits per heavy atom. The van der Waals surface area contributed by atoms with E-state index in [0.29, 0.717) is 12.2 Å². The smallest absolute Gasteiger partial charge is 0.125 e. The summed E-state index contributed by atoms with van der Waals surface area (Å²) in [7, 11) is 2.00. The van der Waals surface area contributed by atoms with Gasteiger partial charge in [-0.1, -0.05) is 18.2 Å². The predicted octanol–water partition coefficient (Wildman–Crippen LogP) is 3.35. The largest absolute Gasteiger partial charge is 0.398 e. The molecular weight excluding hydrogens is 227 g/mol. The molecule has 3 heteroatoms. The van der Waals surface area contributed by atoms with Crippen molar-refractivity contribution in [3.05, 3.63) is 59.4 Å². The van der Waals surface area contributed by atoms with Gasteiger partial charge in [-0.15, -0.1) is 0 Å². The molecule has 0 aliphatic heterocycles. The summed E-state index contributed by atoms with van der Waals surface area (Å²) >= 11 is 0. The molecule has 0 unspecified atom stereocenters. The number of anilines is 2. The van der Waals surface area contributed by atoms with Gasteiger partial charge in [0, 0.05) is 25.0 Å². The molecule has 2 aromatic rings. The van der Waals surface area contributed by atoms with E-state index < -0.39 is 0 Å². The molecule has 2 nitrogen and oxygen atoms in total. The second-order valence-corrected chi connectivity index (χ2v) is 4.54. The zero-order valence-electron chi connectivity index (χ0n) is 10.7. The van der Waals surface area contributed by atoms with Gasteiger partial charge in [-0.2, -0.15) is 0 Å². The van der Waals surface area contributed by atoms with Crippen LogP contribution in [0.3, 0.4) is 0 Å². The van der Waals surface area contributed by atoms with Crippen molar-refractivity contribution in [1.82, 2.24) is 0 Å². The lowest BCUT2D eigenvalue weighted by atomic mass is 10.1. The molecule has 0 bridgehead atoms. The van der Waals surface area contributed by atoms with E-state index in [2.05, 4.69) is 24.0 Å². The minimum Gasteiger partial charge on any atom is -0.398 e. The molecule has 0 atom stereocenters. The third-order valence-corrected chi connectivity index (χ3v) is 2.96. The van der Waals surface area contributed by atoms with Crippen LogP contribution in [0.5, 0.6) is 0 Å². The Balaban J connectivity index is 2.18. The van der Waals surface area contributed by atoms with Crippen LogP contribution < -0.4 is 10.6 Å². The Labute approximate surface area is 107 Å². The fourth-order valence-electron chi connectivity index (χ4n) is 1.92. The third-order valence-electron chi connectivity index (χ3n) is 2.96. The standard InChI is InChI=1S/C15H17FN2/c1-11-4-3-5-14(8-11)18(2)10-12-6-7-13(16)9-15(12)17/h3-9H,10,17H2,1-2H3. The number of nitrogen functional groups attached to an aromatic ring is 1. The van der Waals surface area contributed by atoms with Crippen LogP contribution in [-0.4, -0.2) is 7.05 Å². The predicted molar refractivity (Wildman–Crippen MR) is 74.1 cm³/mol. The maximum absolute atomic E-state index is 13.0. The van der Waals surface area contributed by atoms with Crippen molar-refractivity contribution < 1.29 is 4.39 Å². The average molecular weight is 244 g/mol. The van der Waals surface area contributed by atoms with Crippen molar-refractivity contribution >= 4 is 11.4 Å². The van der Waals surface area contributed by atoms with E-state index in [0.717, 1.165) is 11.3 Å². The lowest BCUT2D eigenvalue weighted by Gasteiger charge is -2.20. The molecule has 0 radical (unpaired) electrons. The van der Waals surface area contributed by atoms with Gasteiger partial charge >= 0.3 is 0 Å². The van der Waals surface area contributed by atoms with Crippen LogP contribution in [-0.2, 0) is 6.54 Å². The number of hydrogen-bond donors (Lipinski definition) is 1. The first-order valence-electron chi connectivity index (χ1n) is 5.88. The van der Waals surface area contributed by atoms with Crippen LogP contribution in [0, 0.1) is 12.7 Å². The van der Waals surface area contributed by atoms with Gasteiger partial charge in [-0.05, 0) is 42.3 Å². The molecular formula is C15H17FN2. The zero-order chi connectivity index (χ0) is 13.1. The fraction of sp³-hybridized carbons (Fsp3) is 0.200. The molecule has 2 rings (SSSR count). The summed E-state index contributed by atoms with van der Waals surface area (Å²) in [5.41, 5.74) is 9.57. The number of benzene rings is 2. The van der Waals surface area contributed by atoms with E-state index in [9.17, 15) is 4.39 Å². The molecule has 18 heavy (non-hydrogen) atoms. The quantitative estimate of drug-likeness (QED) is 0.839. The van der Waals surface area contributed by atoms with Gasteiger partial charge < -0.3 is 10.6 Å². The molecule has 0 fully saturated rings. The van der Waals surface area contributed by atoms with Crippen LogP contribution in [0.1, 0.15) is 11.1 Å². The topological polar surface area (TPSA) is 29.3 Å². The summed E-state index contributed by atoms with van der Waals surface area (Å²) in [6, 6.07) is 12.8. The Hall–Kier alpha value is -2.03. The molecule has 2 aromatic carbocycles. The second kappa shape index (κ2) is 5.08. The zero-order valence-corrected chi connectivity index (χ0v) is 10.7. The normalized spacial score (nSPS) is 10.4. The highest BCUT2D eigenvalue weighted by molar-refractivity contribution is 5.52. The maximum Gasteiger partial charge on any atom is 0.125 e. The molecule has 0 amide bonds. The molecule has 94 valence electrons. The van der Waals surface area contributed by atoms with E-state index in [4.69, 9.17) is 5.73 Å². The first-order chi connectivity index (χ1) is 8.56. The Bertz CT molecular complexity index is 552. The lowest BCUT2D eigenvalue weighted by Crippen LogP contribution is -2.17. The van der Waals surface area contributed by atoms with E-state index in [1.54, 1.807) is 6.07 Å². The first-order valence-corrected chi connectivity index (χ1v) is 5.88. The third kappa shape index (κ3) is 2.80. The van der Waals surface area contributed by atoms with Gasteiger partial charge in [0.15, 0.2) is 0 Å². The molecule has 0 spiro atoms. The Kier molecular flexibility index (Phi) is 3.51. The summed E-state index contributed by atoms with van der Waals surface area (Å²) in [6.07, 6.45) is 0. The van der Waals surface area contributed by atoms with Gasteiger partial charge in [0.2, 0.25) is 0 Å². The summed E-state index contributed by atoms with van der Waals surface area (Å²) in [5, 5.41) is 0. The average Bonchev–Trinajstić information content (AvgIpc) is 2.32. The number of nitrogens with two attached hydrogens (primary N) is 1. The first kappa shape index (κ1) is 12.4. The molecule has 0 saturated carbocycles. The van der Waals surface area contributed by atoms with Crippen LogP contribution in [0.2, 0.25) is 0 Å². The van der Waals surface area contributed by atoms with Crippen molar-refractivity contribution in [3.8, 4) is 0 Å². The molecule has 2 N–H and O–H groups in total. The summed E-state index contributed by atoms with van der Waals surface area (Å²) in [4.78, 5) is 2.09. The number of aryl methyl sites for hydroxylation is 1. The summed E-state index contributed by atoms with van der Waals surface area (Å²) in [6.45, 7) is 2.72. The van der Waals surface area contributed by atoms with E-state index in [1.807, 2.05) is 19.2 Å². The van der Waals surface area contributed by atoms with E-state index >= 15 is 0 Å². The van der Waals surface area contributed by atoms with Gasteiger partial charge in [0.05, 0.1) is 0 Å².